The molecule has 1 fully saturated rings. The molecule has 1 aliphatic rings. The van der Waals surface area contributed by atoms with Gasteiger partial charge in [0.2, 0.25) is 5.91 Å². The highest BCUT2D eigenvalue weighted by Crippen LogP contribution is 2.16. The Morgan fingerprint density at radius 1 is 1.73 bits per heavy atom. The maximum Gasteiger partial charge on any atom is 0.223 e. The molecule has 0 saturated carbocycles. The average molecular weight is 215 g/mol. The van der Waals surface area contributed by atoms with E-state index in [1.807, 2.05) is 0 Å². The van der Waals surface area contributed by atoms with Gasteiger partial charge >= 0.3 is 0 Å². The SMILES string of the molecule is CN1CCCC1CCNC(=O)CC(N)O. The molecular weight excluding hydrogens is 194 g/mol. The van der Waals surface area contributed by atoms with Crippen LogP contribution in [0.5, 0.6) is 0 Å². The zero-order valence-electron chi connectivity index (χ0n) is 9.28. The smallest absolute Gasteiger partial charge is 0.223 e. The fraction of sp³-hybridized carbons (Fsp3) is 0.900. The largest absolute Gasteiger partial charge is 0.378 e. The minimum absolute atomic E-state index is 0.0134. The van der Waals surface area contributed by atoms with Gasteiger partial charge in [-0.2, -0.15) is 0 Å². The van der Waals surface area contributed by atoms with Crippen molar-refractivity contribution >= 4 is 5.91 Å². The minimum atomic E-state index is -1.04. The van der Waals surface area contributed by atoms with Crippen molar-refractivity contribution in [2.24, 2.45) is 5.73 Å². The molecule has 1 saturated heterocycles. The molecule has 2 atom stereocenters. The van der Waals surface area contributed by atoms with Crippen LogP contribution in [0.3, 0.4) is 0 Å². The number of rotatable bonds is 5. The van der Waals surface area contributed by atoms with Crippen molar-refractivity contribution in [1.29, 1.82) is 0 Å². The Labute approximate surface area is 90.6 Å². The van der Waals surface area contributed by atoms with E-state index in [1.54, 1.807) is 0 Å². The van der Waals surface area contributed by atoms with Crippen molar-refractivity contribution in [3.63, 3.8) is 0 Å². The summed E-state index contributed by atoms with van der Waals surface area (Å²) in [5, 5.41) is 11.5. The number of carbonyl (C=O) groups excluding carboxylic acids is 1. The molecule has 2 unspecified atom stereocenters. The summed E-state index contributed by atoms with van der Waals surface area (Å²) in [6.07, 6.45) is 2.38. The molecule has 5 heteroatoms. The Hall–Kier alpha value is -0.650. The molecule has 15 heavy (non-hydrogen) atoms. The molecular formula is C10H21N3O2. The first kappa shape index (κ1) is 12.4. The highest BCUT2D eigenvalue weighted by molar-refractivity contribution is 5.76. The Morgan fingerprint density at radius 2 is 2.47 bits per heavy atom. The van der Waals surface area contributed by atoms with Crippen LogP contribution in [0, 0.1) is 0 Å². The molecule has 0 aromatic carbocycles. The van der Waals surface area contributed by atoms with Crippen LogP contribution in [-0.4, -0.2) is 48.3 Å². The zero-order chi connectivity index (χ0) is 11.3. The van der Waals surface area contributed by atoms with Crippen molar-refractivity contribution in [1.82, 2.24) is 10.2 Å². The zero-order valence-corrected chi connectivity index (χ0v) is 9.28. The van der Waals surface area contributed by atoms with Gasteiger partial charge in [-0.25, -0.2) is 0 Å². The standard InChI is InChI=1S/C10H21N3O2/c1-13-6-2-3-8(13)4-5-12-10(15)7-9(11)14/h8-9,14H,2-7,11H2,1H3,(H,12,15). The minimum Gasteiger partial charge on any atom is -0.378 e. The van der Waals surface area contributed by atoms with Crippen LogP contribution in [0.2, 0.25) is 0 Å². The summed E-state index contributed by atoms with van der Waals surface area (Å²) >= 11 is 0. The molecule has 0 aliphatic carbocycles. The Bertz CT molecular complexity index is 209. The van der Waals surface area contributed by atoms with Crippen LogP contribution in [0.1, 0.15) is 25.7 Å². The van der Waals surface area contributed by atoms with Gasteiger partial charge in [-0.05, 0) is 32.9 Å². The van der Waals surface area contributed by atoms with Crippen molar-refractivity contribution in [3.8, 4) is 0 Å². The van der Waals surface area contributed by atoms with Crippen molar-refractivity contribution in [2.45, 2.75) is 38.0 Å². The Morgan fingerprint density at radius 3 is 3.00 bits per heavy atom. The summed E-state index contributed by atoms with van der Waals surface area (Å²) in [6.45, 7) is 1.82. The van der Waals surface area contributed by atoms with E-state index >= 15 is 0 Å². The van der Waals surface area contributed by atoms with Crippen LogP contribution < -0.4 is 11.1 Å². The molecule has 1 aliphatic heterocycles. The van der Waals surface area contributed by atoms with Gasteiger partial charge in [0.05, 0.1) is 6.42 Å². The third kappa shape index (κ3) is 4.59. The van der Waals surface area contributed by atoms with Gasteiger partial charge in [0.1, 0.15) is 6.23 Å². The van der Waals surface area contributed by atoms with Crippen molar-refractivity contribution in [3.05, 3.63) is 0 Å². The number of carbonyl (C=O) groups is 1. The monoisotopic (exact) mass is 215 g/mol. The van der Waals surface area contributed by atoms with Crippen LogP contribution in [0.4, 0.5) is 0 Å². The summed E-state index contributed by atoms with van der Waals surface area (Å²) in [5.41, 5.74) is 5.10. The molecule has 4 N–H and O–H groups in total. The second kappa shape index (κ2) is 6.05. The van der Waals surface area contributed by atoms with Gasteiger partial charge in [-0.15, -0.1) is 0 Å². The first-order chi connectivity index (χ1) is 7.09. The van der Waals surface area contributed by atoms with Gasteiger partial charge in [0.15, 0.2) is 0 Å². The van der Waals surface area contributed by atoms with E-state index in [2.05, 4.69) is 17.3 Å². The summed E-state index contributed by atoms with van der Waals surface area (Å²) in [4.78, 5) is 13.5. The van der Waals surface area contributed by atoms with E-state index in [0.717, 1.165) is 13.0 Å². The lowest BCUT2D eigenvalue weighted by molar-refractivity contribution is -0.122. The molecule has 0 spiro atoms. The first-order valence-electron chi connectivity index (χ1n) is 5.50. The number of aliphatic hydroxyl groups is 1. The molecule has 0 radical (unpaired) electrons. The summed E-state index contributed by atoms with van der Waals surface area (Å²) < 4.78 is 0. The molecule has 0 aromatic heterocycles. The number of nitrogens with two attached hydrogens (primary N) is 1. The second-order valence-electron chi connectivity index (χ2n) is 4.19. The van der Waals surface area contributed by atoms with Crippen LogP contribution >= 0.6 is 0 Å². The number of aliphatic hydroxyl groups excluding tert-OH is 1. The van der Waals surface area contributed by atoms with Gasteiger partial charge in [0, 0.05) is 12.6 Å². The average Bonchev–Trinajstić information content (AvgIpc) is 2.50. The molecule has 88 valence electrons. The van der Waals surface area contributed by atoms with Crippen molar-refractivity contribution in [2.75, 3.05) is 20.1 Å². The number of nitrogens with one attached hydrogen (secondary N) is 1. The predicted octanol–water partition coefficient (Wildman–Crippen LogP) is -0.746. The number of hydrogen-bond donors (Lipinski definition) is 3. The number of likely N-dealkylation sites (tertiary alicyclic amines) is 1. The van der Waals surface area contributed by atoms with Crippen LogP contribution in [0.15, 0.2) is 0 Å². The maximum atomic E-state index is 11.1. The number of amides is 1. The lowest BCUT2D eigenvalue weighted by Gasteiger charge is -2.19. The number of hydrogen-bond acceptors (Lipinski definition) is 4. The van der Waals surface area contributed by atoms with Gasteiger partial charge in [-0.1, -0.05) is 0 Å². The third-order valence-electron chi connectivity index (χ3n) is 2.87. The van der Waals surface area contributed by atoms with Gasteiger partial charge in [0.25, 0.3) is 0 Å². The maximum absolute atomic E-state index is 11.1. The van der Waals surface area contributed by atoms with E-state index in [4.69, 9.17) is 10.8 Å². The van der Waals surface area contributed by atoms with Gasteiger partial charge in [-0.3, -0.25) is 4.79 Å². The molecule has 0 aromatic rings. The summed E-state index contributed by atoms with van der Waals surface area (Å²) in [6, 6.07) is 0.591. The van der Waals surface area contributed by atoms with Crippen LogP contribution in [-0.2, 0) is 4.79 Å². The van der Waals surface area contributed by atoms with Crippen LogP contribution in [0.25, 0.3) is 0 Å². The topological polar surface area (TPSA) is 78.6 Å². The third-order valence-corrected chi connectivity index (χ3v) is 2.87. The fourth-order valence-electron chi connectivity index (χ4n) is 1.98. The normalized spacial score (nSPS) is 24.1. The van der Waals surface area contributed by atoms with Crippen molar-refractivity contribution < 1.29 is 9.90 Å². The predicted molar refractivity (Wildman–Crippen MR) is 58.1 cm³/mol. The van der Waals surface area contributed by atoms with E-state index in [0.29, 0.717) is 12.6 Å². The molecule has 1 heterocycles. The first-order valence-corrected chi connectivity index (χ1v) is 5.50. The second-order valence-corrected chi connectivity index (χ2v) is 4.19. The lowest BCUT2D eigenvalue weighted by Crippen LogP contribution is -2.34. The van der Waals surface area contributed by atoms with Gasteiger partial charge < -0.3 is 21.1 Å². The molecule has 0 bridgehead atoms. The van der Waals surface area contributed by atoms with E-state index in [1.165, 1.54) is 12.8 Å². The highest BCUT2D eigenvalue weighted by Gasteiger charge is 2.20. The Kier molecular flexibility index (Phi) is 5.01. The van der Waals surface area contributed by atoms with E-state index in [-0.39, 0.29) is 12.3 Å². The summed E-state index contributed by atoms with van der Waals surface area (Å²) in [7, 11) is 2.11. The fourth-order valence-corrected chi connectivity index (χ4v) is 1.98. The summed E-state index contributed by atoms with van der Waals surface area (Å²) in [5.74, 6) is -0.175. The molecule has 5 nitrogen and oxygen atoms in total. The lowest BCUT2D eigenvalue weighted by atomic mass is 10.1. The number of nitrogens with zero attached hydrogens (tertiary/aromatic N) is 1. The molecule has 1 rings (SSSR count). The van der Waals surface area contributed by atoms with E-state index in [9.17, 15) is 4.79 Å². The Balaban J connectivity index is 2.08. The van der Waals surface area contributed by atoms with E-state index < -0.39 is 6.23 Å². The highest BCUT2D eigenvalue weighted by atomic mass is 16.3. The molecule has 1 amide bonds. The quantitative estimate of drug-likeness (QED) is 0.527.